The first-order valence-electron chi connectivity index (χ1n) is 7.82. The zero-order chi connectivity index (χ0) is 17.1. The molecule has 0 aliphatic rings. The topological polar surface area (TPSA) is 66.1 Å². The normalized spacial score (nSPS) is 10.9. The number of hydrogen-bond acceptors (Lipinski definition) is 4. The lowest BCUT2D eigenvalue weighted by Crippen LogP contribution is -2.18. The fourth-order valence-electron chi connectivity index (χ4n) is 2.62. The molecule has 2 heterocycles. The van der Waals surface area contributed by atoms with Gasteiger partial charge in [0.15, 0.2) is 0 Å². The van der Waals surface area contributed by atoms with E-state index in [2.05, 4.69) is 9.55 Å². The summed E-state index contributed by atoms with van der Waals surface area (Å²) in [4.78, 5) is 28.0. The maximum atomic E-state index is 12.0. The van der Waals surface area contributed by atoms with Crippen molar-refractivity contribution in [3.05, 3.63) is 64.3 Å². The molecule has 6 nitrogen and oxygen atoms in total. The number of esters is 1. The Balaban J connectivity index is 1.58. The first kappa shape index (κ1) is 16.0. The molecule has 2 aromatic heterocycles. The largest absolute Gasteiger partial charge is 0.462 e. The number of benzene rings is 1. The van der Waals surface area contributed by atoms with E-state index < -0.39 is 5.97 Å². The molecular weight excluding hydrogens is 306 g/mol. The van der Waals surface area contributed by atoms with Crippen molar-refractivity contribution >= 4 is 17.0 Å². The molecular formula is C18H19N3O3. The van der Waals surface area contributed by atoms with Crippen molar-refractivity contribution < 1.29 is 9.53 Å². The third-order valence-electron chi connectivity index (χ3n) is 3.94. The van der Waals surface area contributed by atoms with Gasteiger partial charge in [-0.1, -0.05) is 12.1 Å². The molecule has 124 valence electrons. The molecule has 0 atom stereocenters. The number of carbonyl (C=O) groups is 1. The average Bonchev–Trinajstić information content (AvgIpc) is 2.89. The fraction of sp³-hybridized carbons (Fsp3) is 0.278. The minimum atomic E-state index is -0.472. The van der Waals surface area contributed by atoms with E-state index >= 15 is 0 Å². The Labute approximate surface area is 139 Å². The number of nitrogens with zero attached hydrogens (tertiary/aromatic N) is 3. The summed E-state index contributed by atoms with van der Waals surface area (Å²) >= 11 is 0. The summed E-state index contributed by atoms with van der Waals surface area (Å²) in [6, 6.07) is 10.8. The Bertz CT molecular complexity index is 940. The highest BCUT2D eigenvalue weighted by molar-refractivity contribution is 5.89. The fourth-order valence-corrected chi connectivity index (χ4v) is 2.62. The Morgan fingerprint density at radius 2 is 2.04 bits per heavy atom. The quantitative estimate of drug-likeness (QED) is 0.533. The Hall–Kier alpha value is -2.89. The number of imidazole rings is 1. The van der Waals surface area contributed by atoms with Crippen molar-refractivity contribution in [1.82, 2.24) is 14.1 Å². The first-order chi connectivity index (χ1) is 11.6. The van der Waals surface area contributed by atoms with E-state index in [4.69, 9.17) is 4.74 Å². The lowest BCUT2D eigenvalue weighted by Gasteiger charge is -2.08. The van der Waals surface area contributed by atoms with Gasteiger partial charge < -0.3 is 13.9 Å². The van der Waals surface area contributed by atoms with E-state index in [1.165, 1.54) is 10.6 Å². The lowest BCUT2D eigenvalue weighted by atomic mass is 10.3. The molecule has 24 heavy (non-hydrogen) atoms. The summed E-state index contributed by atoms with van der Waals surface area (Å²) in [6.07, 6.45) is 2.23. The summed E-state index contributed by atoms with van der Waals surface area (Å²) in [7, 11) is 1.63. The number of fused-ring (bicyclic) bond motifs is 1. The predicted octanol–water partition coefficient (Wildman–Crippen LogP) is 2.29. The number of rotatable bonds is 5. The molecule has 0 saturated heterocycles. The molecule has 0 bridgehead atoms. The highest BCUT2D eigenvalue weighted by Gasteiger charge is 2.09. The Morgan fingerprint density at radius 3 is 2.83 bits per heavy atom. The van der Waals surface area contributed by atoms with Crippen LogP contribution >= 0.6 is 0 Å². The van der Waals surface area contributed by atoms with E-state index in [1.807, 2.05) is 31.2 Å². The van der Waals surface area contributed by atoms with Gasteiger partial charge in [0.2, 0.25) is 0 Å². The van der Waals surface area contributed by atoms with Crippen LogP contribution in [0.4, 0.5) is 0 Å². The van der Waals surface area contributed by atoms with Gasteiger partial charge in [-0.15, -0.1) is 0 Å². The summed E-state index contributed by atoms with van der Waals surface area (Å²) in [6.45, 7) is 2.97. The summed E-state index contributed by atoms with van der Waals surface area (Å²) < 4.78 is 8.77. The zero-order valence-electron chi connectivity index (χ0n) is 13.7. The van der Waals surface area contributed by atoms with Crippen LogP contribution in [0.25, 0.3) is 11.0 Å². The molecule has 0 radical (unpaired) electrons. The van der Waals surface area contributed by atoms with Crippen molar-refractivity contribution in [1.29, 1.82) is 0 Å². The minimum absolute atomic E-state index is 0.232. The number of carbonyl (C=O) groups excluding carboxylic acids is 1. The van der Waals surface area contributed by atoms with E-state index in [-0.39, 0.29) is 11.1 Å². The van der Waals surface area contributed by atoms with E-state index in [9.17, 15) is 9.59 Å². The summed E-state index contributed by atoms with van der Waals surface area (Å²) in [5.74, 6) is 0.467. The van der Waals surface area contributed by atoms with Gasteiger partial charge in [-0.3, -0.25) is 4.79 Å². The second-order valence-corrected chi connectivity index (χ2v) is 5.65. The van der Waals surface area contributed by atoms with Gasteiger partial charge in [-0.25, -0.2) is 9.78 Å². The number of hydrogen-bond donors (Lipinski definition) is 0. The van der Waals surface area contributed by atoms with Crippen LogP contribution in [0.3, 0.4) is 0 Å². The van der Waals surface area contributed by atoms with Crippen LogP contribution in [0.15, 0.2) is 47.4 Å². The second kappa shape index (κ2) is 6.70. The monoisotopic (exact) mass is 325 g/mol. The van der Waals surface area contributed by atoms with Gasteiger partial charge >= 0.3 is 5.97 Å². The van der Waals surface area contributed by atoms with Crippen molar-refractivity contribution in [3.63, 3.8) is 0 Å². The molecule has 3 aromatic rings. The van der Waals surface area contributed by atoms with Crippen molar-refractivity contribution in [2.45, 2.75) is 19.9 Å². The van der Waals surface area contributed by atoms with Crippen LogP contribution in [-0.4, -0.2) is 26.7 Å². The third kappa shape index (κ3) is 3.22. The SMILES string of the molecule is Cc1nc2ccccc2n1CCCOC(=O)c1ccn(C)c(=O)c1. The summed E-state index contributed by atoms with van der Waals surface area (Å²) in [5.41, 5.74) is 2.09. The number of pyridine rings is 1. The Morgan fingerprint density at radius 1 is 1.25 bits per heavy atom. The van der Waals surface area contributed by atoms with Crippen LogP contribution < -0.4 is 5.56 Å². The number of aromatic nitrogens is 3. The first-order valence-corrected chi connectivity index (χ1v) is 7.82. The molecule has 6 heteroatoms. The standard InChI is InChI=1S/C18H19N3O3/c1-13-19-15-6-3-4-7-16(15)21(13)9-5-11-24-18(23)14-8-10-20(2)17(22)12-14/h3-4,6-8,10,12H,5,9,11H2,1-2H3. The van der Waals surface area contributed by atoms with Gasteiger partial charge in [0, 0.05) is 25.9 Å². The van der Waals surface area contributed by atoms with E-state index in [0.717, 1.165) is 23.4 Å². The van der Waals surface area contributed by atoms with E-state index in [1.54, 1.807) is 19.3 Å². The average molecular weight is 325 g/mol. The van der Waals surface area contributed by atoms with E-state index in [0.29, 0.717) is 13.0 Å². The number of para-hydroxylation sites is 2. The highest BCUT2D eigenvalue weighted by atomic mass is 16.5. The van der Waals surface area contributed by atoms with Gasteiger partial charge in [-0.2, -0.15) is 0 Å². The van der Waals surface area contributed by atoms with Gasteiger partial charge in [0.25, 0.3) is 5.56 Å². The van der Waals surface area contributed by atoms with Crippen LogP contribution in [0, 0.1) is 6.92 Å². The molecule has 0 saturated carbocycles. The highest BCUT2D eigenvalue weighted by Crippen LogP contribution is 2.15. The molecule has 0 unspecified atom stereocenters. The van der Waals surface area contributed by atoms with Gasteiger partial charge in [0.05, 0.1) is 23.2 Å². The van der Waals surface area contributed by atoms with Gasteiger partial charge in [0.1, 0.15) is 5.82 Å². The number of ether oxygens (including phenoxy) is 1. The smallest absolute Gasteiger partial charge is 0.338 e. The Kier molecular flexibility index (Phi) is 4.46. The molecule has 3 rings (SSSR count). The molecule has 0 fully saturated rings. The molecule has 0 amide bonds. The van der Waals surface area contributed by atoms with Gasteiger partial charge in [-0.05, 0) is 31.5 Å². The second-order valence-electron chi connectivity index (χ2n) is 5.65. The van der Waals surface area contributed by atoms with Crippen LogP contribution in [0.5, 0.6) is 0 Å². The maximum absolute atomic E-state index is 12.0. The lowest BCUT2D eigenvalue weighted by molar-refractivity contribution is 0.0496. The van der Waals surface area contributed by atoms with Crippen LogP contribution in [0.2, 0.25) is 0 Å². The van der Waals surface area contributed by atoms with Crippen LogP contribution in [0.1, 0.15) is 22.6 Å². The van der Waals surface area contributed by atoms with Crippen molar-refractivity contribution in [3.8, 4) is 0 Å². The van der Waals surface area contributed by atoms with Crippen molar-refractivity contribution in [2.75, 3.05) is 6.61 Å². The zero-order valence-corrected chi connectivity index (χ0v) is 13.7. The predicted molar refractivity (Wildman–Crippen MR) is 91.1 cm³/mol. The maximum Gasteiger partial charge on any atom is 0.338 e. The summed E-state index contributed by atoms with van der Waals surface area (Å²) in [5, 5.41) is 0. The van der Waals surface area contributed by atoms with Crippen LogP contribution in [-0.2, 0) is 18.3 Å². The number of aryl methyl sites for hydroxylation is 3. The minimum Gasteiger partial charge on any atom is -0.462 e. The molecule has 1 aromatic carbocycles. The molecule has 0 spiro atoms. The molecule has 0 aliphatic heterocycles. The van der Waals surface area contributed by atoms with Crippen molar-refractivity contribution in [2.24, 2.45) is 7.05 Å². The third-order valence-corrected chi connectivity index (χ3v) is 3.94. The molecule has 0 aliphatic carbocycles. The molecule has 0 N–H and O–H groups in total.